The summed E-state index contributed by atoms with van der Waals surface area (Å²) in [6, 6.07) is 4.84. The first-order valence-electron chi connectivity index (χ1n) is 9.30. The number of nitro benzene ring substituents is 1. The van der Waals surface area contributed by atoms with Crippen molar-refractivity contribution in [3.63, 3.8) is 0 Å². The Labute approximate surface area is 180 Å². The second-order valence-corrected chi connectivity index (χ2v) is 7.09. The summed E-state index contributed by atoms with van der Waals surface area (Å²) in [5.41, 5.74) is -1.09. The van der Waals surface area contributed by atoms with Crippen LogP contribution in [0.15, 0.2) is 30.5 Å². The summed E-state index contributed by atoms with van der Waals surface area (Å²) in [4.78, 5) is 30.5. The average molecular weight is 459 g/mol. The summed E-state index contributed by atoms with van der Waals surface area (Å²) in [7, 11) is 0. The van der Waals surface area contributed by atoms with E-state index in [1.165, 1.54) is 23.1 Å². The number of benzene rings is 1. The van der Waals surface area contributed by atoms with Gasteiger partial charge in [0.2, 0.25) is 0 Å². The number of pyridine rings is 1. The van der Waals surface area contributed by atoms with Gasteiger partial charge in [-0.1, -0.05) is 11.6 Å². The van der Waals surface area contributed by atoms with Crippen molar-refractivity contribution in [3.05, 3.63) is 56.7 Å². The molecule has 0 spiro atoms. The van der Waals surface area contributed by atoms with Crippen LogP contribution in [0.3, 0.4) is 0 Å². The minimum atomic E-state index is -4.54. The molecule has 0 aliphatic carbocycles. The predicted molar refractivity (Wildman–Crippen MR) is 107 cm³/mol. The average Bonchev–Trinajstić information content (AvgIpc) is 2.73. The van der Waals surface area contributed by atoms with Crippen molar-refractivity contribution in [3.8, 4) is 5.75 Å². The van der Waals surface area contributed by atoms with E-state index in [1.807, 2.05) is 0 Å². The summed E-state index contributed by atoms with van der Waals surface area (Å²) in [5.74, 6) is -0.104. The lowest BCUT2D eigenvalue weighted by molar-refractivity contribution is -0.385. The third-order valence-corrected chi connectivity index (χ3v) is 5.00. The molecule has 1 fully saturated rings. The zero-order valence-corrected chi connectivity index (χ0v) is 17.1. The molecule has 1 aromatic heterocycles. The van der Waals surface area contributed by atoms with Crippen LogP contribution in [0.4, 0.5) is 24.7 Å². The van der Waals surface area contributed by atoms with Crippen LogP contribution >= 0.6 is 11.6 Å². The van der Waals surface area contributed by atoms with Crippen molar-refractivity contribution in [2.24, 2.45) is 0 Å². The van der Waals surface area contributed by atoms with Crippen LogP contribution in [-0.4, -0.2) is 53.5 Å². The minimum absolute atomic E-state index is 0.0805. The first-order valence-corrected chi connectivity index (χ1v) is 9.67. The van der Waals surface area contributed by atoms with Gasteiger partial charge in [-0.05, 0) is 25.1 Å². The van der Waals surface area contributed by atoms with Crippen LogP contribution in [0.5, 0.6) is 5.75 Å². The number of carbonyl (C=O) groups is 1. The smallest absolute Gasteiger partial charge is 0.417 e. The molecule has 3 rings (SSSR count). The number of nitrogens with zero attached hydrogens (tertiary/aromatic N) is 4. The van der Waals surface area contributed by atoms with Gasteiger partial charge < -0.3 is 14.5 Å². The number of ether oxygens (including phenoxy) is 1. The Morgan fingerprint density at radius 1 is 1.26 bits per heavy atom. The van der Waals surface area contributed by atoms with Crippen molar-refractivity contribution < 1.29 is 27.6 Å². The molecule has 0 saturated carbocycles. The maximum atomic E-state index is 12.8. The third-order valence-electron chi connectivity index (χ3n) is 4.72. The molecule has 0 atom stereocenters. The van der Waals surface area contributed by atoms with Gasteiger partial charge in [0.1, 0.15) is 5.82 Å². The number of piperazine rings is 1. The van der Waals surface area contributed by atoms with Crippen LogP contribution in [0, 0.1) is 10.1 Å². The number of nitro groups is 1. The third kappa shape index (κ3) is 4.98. The van der Waals surface area contributed by atoms with Gasteiger partial charge in [0.15, 0.2) is 5.75 Å². The maximum Gasteiger partial charge on any atom is 0.417 e. The highest BCUT2D eigenvalue weighted by atomic mass is 35.5. The molecule has 12 heteroatoms. The van der Waals surface area contributed by atoms with Gasteiger partial charge in [0.25, 0.3) is 5.91 Å². The fourth-order valence-electron chi connectivity index (χ4n) is 3.19. The molecule has 0 unspecified atom stereocenters. The van der Waals surface area contributed by atoms with Crippen molar-refractivity contribution >= 4 is 29.0 Å². The van der Waals surface area contributed by atoms with E-state index in [1.54, 1.807) is 11.8 Å². The molecule has 166 valence electrons. The highest BCUT2D eigenvalue weighted by molar-refractivity contribution is 6.33. The van der Waals surface area contributed by atoms with Gasteiger partial charge in [0.05, 0.1) is 22.1 Å². The molecular formula is C19H18ClF3N4O4. The number of alkyl halides is 3. The van der Waals surface area contributed by atoms with E-state index in [-0.39, 0.29) is 47.5 Å². The van der Waals surface area contributed by atoms with Crippen molar-refractivity contribution in [2.45, 2.75) is 13.1 Å². The Morgan fingerprint density at radius 2 is 1.94 bits per heavy atom. The number of halogens is 4. The fourth-order valence-corrected chi connectivity index (χ4v) is 3.48. The van der Waals surface area contributed by atoms with E-state index in [4.69, 9.17) is 16.3 Å². The van der Waals surface area contributed by atoms with E-state index < -0.39 is 22.6 Å². The molecule has 1 saturated heterocycles. The number of hydrogen-bond acceptors (Lipinski definition) is 6. The van der Waals surface area contributed by atoms with Crippen LogP contribution in [0.2, 0.25) is 5.02 Å². The van der Waals surface area contributed by atoms with Gasteiger partial charge in [-0.15, -0.1) is 0 Å². The van der Waals surface area contributed by atoms with E-state index in [2.05, 4.69) is 4.98 Å². The Balaban J connectivity index is 1.70. The van der Waals surface area contributed by atoms with E-state index in [0.29, 0.717) is 13.1 Å². The monoisotopic (exact) mass is 458 g/mol. The molecule has 1 aromatic carbocycles. The number of rotatable bonds is 5. The molecule has 0 bridgehead atoms. The summed E-state index contributed by atoms with van der Waals surface area (Å²) >= 11 is 5.99. The molecule has 2 heterocycles. The quantitative estimate of drug-likeness (QED) is 0.496. The zero-order chi connectivity index (χ0) is 22.8. The normalized spacial score (nSPS) is 14.5. The van der Waals surface area contributed by atoms with Crippen molar-refractivity contribution in [1.82, 2.24) is 9.88 Å². The van der Waals surface area contributed by atoms with Crippen molar-refractivity contribution in [2.75, 3.05) is 37.7 Å². The number of anilines is 1. The molecule has 0 N–H and O–H groups in total. The molecule has 1 aliphatic rings. The highest BCUT2D eigenvalue weighted by Gasteiger charge is 2.32. The Hall–Kier alpha value is -3.08. The largest absolute Gasteiger partial charge is 0.487 e. The molecule has 1 aliphatic heterocycles. The lowest BCUT2D eigenvalue weighted by atomic mass is 10.1. The predicted octanol–water partition coefficient (Wildman–Crippen LogP) is 4.02. The topological polar surface area (TPSA) is 88.8 Å². The first kappa shape index (κ1) is 22.6. The summed E-state index contributed by atoms with van der Waals surface area (Å²) in [5, 5.41) is 11.1. The maximum absolute atomic E-state index is 12.8. The first-order chi connectivity index (χ1) is 14.6. The minimum Gasteiger partial charge on any atom is -0.487 e. The Kier molecular flexibility index (Phi) is 6.54. The number of hydrogen-bond donors (Lipinski definition) is 0. The fraction of sp³-hybridized carbons (Fsp3) is 0.368. The van der Waals surface area contributed by atoms with Gasteiger partial charge in [-0.2, -0.15) is 13.2 Å². The summed E-state index contributed by atoms with van der Waals surface area (Å²) in [6.07, 6.45) is -3.82. The zero-order valence-electron chi connectivity index (χ0n) is 16.4. The number of carbonyl (C=O) groups excluding carboxylic acids is 1. The Bertz CT molecular complexity index is 995. The van der Waals surface area contributed by atoms with Gasteiger partial charge in [0, 0.05) is 44.0 Å². The molecule has 2 aromatic rings. The van der Waals surface area contributed by atoms with E-state index in [0.717, 1.165) is 12.3 Å². The molecule has 0 radical (unpaired) electrons. The van der Waals surface area contributed by atoms with E-state index >= 15 is 0 Å². The number of amides is 1. The lowest BCUT2D eigenvalue weighted by Gasteiger charge is -2.35. The second kappa shape index (κ2) is 8.96. The molecular weight excluding hydrogens is 441 g/mol. The van der Waals surface area contributed by atoms with Crippen LogP contribution in [-0.2, 0) is 6.18 Å². The lowest BCUT2D eigenvalue weighted by Crippen LogP contribution is -2.49. The highest BCUT2D eigenvalue weighted by Crippen LogP contribution is 2.34. The van der Waals surface area contributed by atoms with Gasteiger partial charge in [-0.25, -0.2) is 4.98 Å². The van der Waals surface area contributed by atoms with Crippen LogP contribution in [0.25, 0.3) is 0 Å². The summed E-state index contributed by atoms with van der Waals surface area (Å²) in [6.45, 7) is 3.03. The molecule has 1 amide bonds. The van der Waals surface area contributed by atoms with E-state index in [9.17, 15) is 28.1 Å². The van der Waals surface area contributed by atoms with Crippen LogP contribution in [0.1, 0.15) is 22.8 Å². The summed E-state index contributed by atoms with van der Waals surface area (Å²) < 4.78 is 43.6. The van der Waals surface area contributed by atoms with Gasteiger partial charge >= 0.3 is 11.9 Å². The van der Waals surface area contributed by atoms with Gasteiger partial charge in [-0.3, -0.25) is 14.9 Å². The standard InChI is InChI=1S/C19H18ClF3N4O4/c1-2-31-16-4-3-12(9-15(16)27(29)30)18(28)26-7-5-25(6-8-26)17-14(20)10-13(11-24-17)19(21,22)23/h3-4,9-11H,2,5-8H2,1H3. The van der Waals surface area contributed by atoms with Crippen molar-refractivity contribution in [1.29, 1.82) is 0 Å². The number of aromatic nitrogens is 1. The SMILES string of the molecule is CCOc1ccc(C(=O)N2CCN(c3ncc(C(F)(F)F)cc3Cl)CC2)cc1[N+](=O)[O-]. The Morgan fingerprint density at radius 3 is 2.48 bits per heavy atom. The molecule has 31 heavy (non-hydrogen) atoms. The second-order valence-electron chi connectivity index (χ2n) is 6.68. The molecule has 8 nitrogen and oxygen atoms in total. The van der Waals surface area contributed by atoms with Crippen LogP contribution < -0.4 is 9.64 Å².